The third-order valence-electron chi connectivity index (χ3n) is 4.86. The van der Waals surface area contributed by atoms with Gasteiger partial charge in [-0.05, 0) is 29.8 Å². The first kappa shape index (κ1) is 25.5. The molecule has 34 heavy (non-hydrogen) atoms. The molecule has 3 rings (SSSR count). The highest BCUT2D eigenvalue weighted by atomic mass is 35.5. The summed E-state index contributed by atoms with van der Waals surface area (Å²) in [5, 5.41) is -2.26. The first-order valence-electron chi connectivity index (χ1n) is 9.73. The predicted octanol–water partition coefficient (Wildman–Crippen LogP) is 5.25. The number of halogens is 4. The molecule has 6 nitrogen and oxygen atoms in total. The molecule has 0 spiro atoms. The maximum Gasteiger partial charge on any atom is 0.416 e. The van der Waals surface area contributed by atoms with Crippen LogP contribution in [0.1, 0.15) is 38.0 Å². The van der Waals surface area contributed by atoms with E-state index >= 15 is 0 Å². The maximum absolute atomic E-state index is 14.1. The zero-order valence-corrected chi connectivity index (χ0v) is 19.5. The number of hydrogen-bond acceptors (Lipinski definition) is 6. The lowest BCUT2D eigenvalue weighted by Crippen LogP contribution is -2.23. The van der Waals surface area contributed by atoms with Crippen LogP contribution in [0.5, 0.6) is 5.75 Å². The minimum absolute atomic E-state index is 0.183. The highest BCUT2D eigenvalue weighted by Crippen LogP contribution is 2.47. The van der Waals surface area contributed by atoms with Gasteiger partial charge in [0.2, 0.25) is 0 Å². The van der Waals surface area contributed by atoms with Gasteiger partial charge in [-0.15, -0.1) is 0 Å². The smallest absolute Gasteiger partial charge is 0.416 e. The first-order chi connectivity index (χ1) is 15.9. The van der Waals surface area contributed by atoms with E-state index < -0.39 is 49.8 Å². The summed E-state index contributed by atoms with van der Waals surface area (Å²) in [6.07, 6.45) is -3.05. The molecule has 180 valence electrons. The third-order valence-corrected chi connectivity index (χ3v) is 6.47. The van der Waals surface area contributed by atoms with Gasteiger partial charge in [-0.2, -0.15) is 13.2 Å². The zero-order valence-electron chi connectivity index (χ0n) is 18.0. The Morgan fingerprint density at radius 1 is 1.09 bits per heavy atom. The summed E-state index contributed by atoms with van der Waals surface area (Å²) >= 11 is 6.23. The summed E-state index contributed by atoms with van der Waals surface area (Å²) in [6.45, 7) is -0.183. The van der Waals surface area contributed by atoms with E-state index in [1.807, 2.05) is 0 Å². The van der Waals surface area contributed by atoms with Crippen LogP contribution in [0.2, 0.25) is 5.02 Å². The fourth-order valence-corrected chi connectivity index (χ4v) is 4.89. The van der Waals surface area contributed by atoms with Gasteiger partial charge in [-0.3, -0.25) is 4.98 Å². The largest absolute Gasteiger partial charge is 0.487 e. The lowest BCUT2D eigenvalue weighted by atomic mass is 9.97. The Labute approximate surface area is 199 Å². The molecule has 0 radical (unpaired) electrons. The van der Waals surface area contributed by atoms with Crippen LogP contribution in [-0.4, -0.2) is 32.7 Å². The number of benzene rings is 2. The minimum atomic E-state index is -4.96. The minimum Gasteiger partial charge on any atom is -0.487 e. The van der Waals surface area contributed by atoms with Crippen LogP contribution in [0.15, 0.2) is 60.8 Å². The Hall–Kier alpha value is -3.11. The van der Waals surface area contributed by atoms with Gasteiger partial charge >= 0.3 is 12.1 Å². The Bertz CT molecular complexity index is 1300. The molecule has 11 heteroatoms. The van der Waals surface area contributed by atoms with Crippen molar-refractivity contribution < 1.29 is 35.9 Å². The quantitative estimate of drug-likeness (QED) is 0.401. The number of aromatic nitrogens is 1. The molecule has 0 aliphatic heterocycles. The Balaban J connectivity index is 2.33. The molecule has 1 unspecified atom stereocenters. The number of carbonyl (C=O) groups excluding carboxylic acids is 1. The van der Waals surface area contributed by atoms with Crippen molar-refractivity contribution in [1.29, 1.82) is 0 Å². The summed E-state index contributed by atoms with van der Waals surface area (Å²) in [6, 6.07) is 12.7. The number of esters is 1. The first-order valence-corrected chi connectivity index (χ1v) is 12.1. The molecule has 0 amide bonds. The second-order valence-electron chi connectivity index (χ2n) is 7.25. The number of ether oxygens (including phenoxy) is 2. The van der Waals surface area contributed by atoms with Crippen molar-refractivity contribution in [2.24, 2.45) is 0 Å². The number of carbonyl (C=O) groups is 1. The predicted molar refractivity (Wildman–Crippen MR) is 119 cm³/mol. The van der Waals surface area contributed by atoms with Crippen LogP contribution in [0.4, 0.5) is 13.2 Å². The summed E-state index contributed by atoms with van der Waals surface area (Å²) in [4.78, 5) is 16.3. The summed E-state index contributed by atoms with van der Waals surface area (Å²) in [7, 11) is -3.29. The second kappa shape index (κ2) is 10.0. The molecule has 0 aliphatic carbocycles. The van der Waals surface area contributed by atoms with E-state index in [0.29, 0.717) is 11.6 Å². The van der Waals surface area contributed by atoms with Crippen molar-refractivity contribution >= 4 is 27.4 Å². The number of nitrogens with zero attached hydrogens (tertiary/aromatic N) is 1. The second-order valence-corrected chi connectivity index (χ2v) is 9.78. The standard InChI is InChI=1S/C23H19ClF3NO5S/c1-32-22(29)15-9-6-12-28-19(15)21(34(2,30)31)18-16(23(25,26)27)10-11-17(24)20(18)33-13-14-7-4-3-5-8-14/h3-12,21H,13H2,1-2H3. The van der Waals surface area contributed by atoms with Crippen LogP contribution < -0.4 is 4.74 Å². The van der Waals surface area contributed by atoms with E-state index in [1.165, 1.54) is 18.3 Å². The molecular weight excluding hydrogens is 495 g/mol. The SMILES string of the molecule is COC(=O)c1cccnc1C(c1c(C(F)(F)F)ccc(Cl)c1OCc1ccccc1)S(C)(=O)=O. The van der Waals surface area contributed by atoms with Crippen LogP contribution in [-0.2, 0) is 27.4 Å². The fraction of sp³-hybridized carbons (Fsp3) is 0.217. The van der Waals surface area contributed by atoms with Crippen LogP contribution in [0.25, 0.3) is 0 Å². The molecule has 0 saturated heterocycles. The average molecular weight is 514 g/mol. The number of alkyl halides is 3. The molecule has 0 bridgehead atoms. The molecular formula is C23H19ClF3NO5S. The van der Waals surface area contributed by atoms with Crippen LogP contribution in [0.3, 0.4) is 0 Å². The topological polar surface area (TPSA) is 82.6 Å². The number of sulfone groups is 1. The highest BCUT2D eigenvalue weighted by molar-refractivity contribution is 7.91. The highest BCUT2D eigenvalue weighted by Gasteiger charge is 2.43. The lowest BCUT2D eigenvalue weighted by Gasteiger charge is -2.25. The fourth-order valence-electron chi connectivity index (χ4n) is 3.42. The van der Waals surface area contributed by atoms with Gasteiger partial charge in [-0.25, -0.2) is 13.2 Å². The van der Waals surface area contributed by atoms with E-state index in [9.17, 15) is 26.4 Å². The van der Waals surface area contributed by atoms with E-state index in [4.69, 9.17) is 16.3 Å². The molecule has 2 aromatic carbocycles. The zero-order chi connectivity index (χ0) is 25.1. The van der Waals surface area contributed by atoms with Crippen molar-refractivity contribution in [2.75, 3.05) is 13.4 Å². The van der Waals surface area contributed by atoms with Gasteiger partial charge in [0.05, 0.1) is 29.0 Å². The van der Waals surface area contributed by atoms with Gasteiger partial charge in [0.1, 0.15) is 17.6 Å². The molecule has 0 aliphatic rings. The van der Waals surface area contributed by atoms with E-state index in [-0.39, 0.29) is 17.2 Å². The Kier molecular flexibility index (Phi) is 7.52. The summed E-state index contributed by atoms with van der Waals surface area (Å²) in [5.41, 5.74) is -2.17. The van der Waals surface area contributed by atoms with Crippen molar-refractivity contribution in [3.63, 3.8) is 0 Å². The maximum atomic E-state index is 14.1. The van der Waals surface area contributed by atoms with Crippen molar-refractivity contribution in [2.45, 2.75) is 18.0 Å². The normalized spacial score (nSPS) is 12.8. The molecule has 1 heterocycles. The Morgan fingerprint density at radius 3 is 2.35 bits per heavy atom. The van der Waals surface area contributed by atoms with E-state index in [2.05, 4.69) is 9.72 Å². The molecule has 3 aromatic rings. The van der Waals surface area contributed by atoms with Crippen molar-refractivity contribution in [3.8, 4) is 5.75 Å². The van der Waals surface area contributed by atoms with Gasteiger partial charge in [0, 0.05) is 18.0 Å². The lowest BCUT2D eigenvalue weighted by molar-refractivity contribution is -0.138. The molecule has 0 fully saturated rings. The molecule has 1 atom stereocenters. The van der Waals surface area contributed by atoms with Gasteiger partial charge in [0.15, 0.2) is 9.84 Å². The summed E-state index contributed by atoms with van der Waals surface area (Å²) in [5.74, 6) is -1.43. The summed E-state index contributed by atoms with van der Waals surface area (Å²) < 4.78 is 78.6. The Morgan fingerprint density at radius 2 is 1.76 bits per heavy atom. The van der Waals surface area contributed by atoms with Gasteiger partial charge in [-0.1, -0.05) is 41.9 Å². The average Bonchev–Trinajstić information content (AvgIpc) is 2.77. The third kappa shape index (κ3) is 5.51. The molecule has 0 saturated carbocycles. The monoisotopic (exact) mass is 513 g/mol. The number of pyridine rings is 1. The van der Waals surface area contributed by atoms with Gasteiger partial charge in [0.25, 0.3) is 0 Å². The van der Waals surface area contributed by atoms with Crippen molar-refractivity contribution in [1.82, 2.24) is 4.98 Å². The van der Waals surface area contributed by atoms with E-state index in [1.54, 1.807) is 30.3 Å². The van der Waals surface area contributed by atoms with Crippen molar-refractivity contribution in [3.05, 3.63) is 93.8 Å². The van der Waals surface area contributed by atoms with Gasteiger partial charge < -0.3 is 9.47 Å². The van der Waals surface area contributed by atoms with Crippen LogP contribution in [0, 0.1) is 0 Å². The number of hydrogen-bond donors (Lipinski definition) is 0. The van der Waals surface area contributed by atoms with E-state index in [0.717, 1.165) is 19.4 Å². The van der Waals surface area contributed by atoms with Crippen LogP contribution >= 0.6 is 11.6 Å². The number of rotatable bonds is 7. The molecule has 0 N–H and O–H groups in total. The molecule has 1 aromatic heterocycles. The number of methoxy groups -OCH3 is 1.